The Hall–Kier alpha value is -1.22. The molecule has 0 aromatic heterocycles. The molecule has 0 aliphatic rings. The third kappa shape index (κ3) is 5.64. The van der Waals surface area contributed by atoms with E-state index < -0.39 is 15.9 Å². The lowest BCUT2D eigenvalue weighted by atomic mass is 10.2. The summed E-state index contributed by atoms with van der Waals surface area (Å²) in [6, 6.07) is 11.6. The molecule has 2 aromatic rings. The first-order valence-electron chi connectivity index (χ1n) is 7.69. The highest BCUT2D eigenvalue weighted by atomic mass is 79.9. The zero-order valence-corrected chi connectivity index (χ0v) is 17.5. The van der Waals surface area contributed by atoms with Gasteiger partial charge in [0.2, 0.25) is 10.0 Å². The molecule has 0 saturated heterocycles. The van der Waals surface area contributed by atoms with Crippen molar-refractivity contribution in [1.29, 1.82) is 0 Å². The zero-order chi connectivity index (χ0) is 18.4. The number of sulfonamides is 1. The molecule has 5 nitrogen and oxygen atoms in total. The number of hydrogen-bond acceptors (Lipinski definition) is 3. The maximum absolute atomic E-state index is 12.6. The second kappa shape index (κ2) is 8.93. The average Bonchev–Trinajstić information content (AvgIpc) is 2.56. The predicted molar refractivity (Wildman–Crippen MR) is 106 cm³/mol. The van der Waals surface area contributed by atoms with Crippen molar-refractivity contribution < 1.29 is 13.2 Å². The topological polar surface area (TPSA) is 75.3 Å². The Bertz CT molecular complexity index is 853. The smallest absolute Gasteiger partial charge is 0.257 e. The van der Waals surface area contributed by atoms with E-state index in [0.717, 1.165) is 17.3 Å². The van der Waals surface area contributed by atoms with Crippen LogP contribution in [0, 0.1) is 0 Å². The minimum atomic E-state index is -3.76. The van der Waals surface area contributed by atoms with Gasteiger partial charge in [-0.25, -0.2) is 13.1 Å². The van der Waals surface area contributed by atoms with Gasteiger partial charge in [-0.15, -0.1) is 0 Å². The molecular formula is C17H18Br2N2O3S. The lowest BCUT2D eigenvalue weighted by Crippen LogP contribution is -2.27. The normalized spacial score (nSPS) is 11.3. The van der Waals surface area contributed by atoms with Gasteiger partial charge < -0.3 is 5.32 Å². The number of rotatable bonds is 7. The second-order valence-electron chi connectivity index (χ2n) is 5.35. The monoisotopic (exact) mass is 488 g/mol. The quantitative estimate of drug-likeness (QED) is 0.560. The first kappa shape index (κ1) is 20.1. The molecule has 8 heteroatoms. The minimum Gasteiger partial charge on any atom is -0.322 e. The summed E-state index contributed by atoms with van der Waals surface area (Å²) >= 11 is 6.62. The van der Waals surface area contributed by atoms with E-state index in [-0.39, 0.29) is 10.5 Å². The fourth-order valence-electron chi connectivity index (χ4n) is 2.11. The minimum absolute atomic E-state index is 0.0404. The van der Waals surface area contributed by atoms with Gasteiger partial charge in [0.25, 0.3) is 5.91 Å². The SMILES string of the molecule is CCCCNS(=O)(=O)c1ccc(Br)cc1C(=O)Nc1ccc(Br)cc1. The van der Waals surface area contributed by atoms with Crippen LogP contribution in [0.15, 0.2) is 56.3 Å². The first-order valence-corrected chi connectivity index (χ1v) is 10.8. The van der Waals surface area contributed by atoms with Gasteiger partial charge in [0.15, 0.2) is 0 Å². The van der Waals surface area contributed by atoms with Gasteiger partial charge in [-0.3, -0.25) is 4.79 Å². The summed E-state index contributed by atoms with van der Waals surface area (Å²) in [6.45, 7) is 2.31. The lowest BCUT2D eigenvalue weighted by molar-refractivity contribution is 0.102. The number of carbonyl (C=O) groups excluding carboxylic acids is 1. The molecule has 0 saturated carbocycles. The Balaban J connectivity index is 2.31. The Morgan fingerprint density at radius 2 is 1.68 bits per heavy atom. The Morgan fingerprint density at radius 3 is 2.32 bits per heavy atom. The molecule has 1 amide bonds. The maximum Gasteiger partial charge on any atom is 0.257 e. The summed E-state index contributed by atoms with van der Waals surface area (Å²) in [6.07, 6.45) is 1.61. The molecule has 0 aliphatic heterocycles. The van der Waals surface area contributed by atoms with E-state index in [0.29, 0.717) is 16.7 Å². The zero-order valence-electron chi connectivity index (χ0n) is 13.6. The summed E-state index contributed by atoms with van der Waals surface area (Å²) in [5.74, 6) is -0.487. The number of hydrogen-bond donors (Lipinski definition) is 2. The number of unbranched alkanes of at least 4 members (excludes halogenated alkanes) is 1. The van der Waals surface area contributed by atoms with Crippen LogP contribution >= 0.6 is 31.9 Å². The molecular weight excluding hydrogens is 472 g/mol. The van der Waals surface area contributed by atoms with Crippen molar-refractivity contribution in [2.24, 2.45) is 0 Å². The van der Waals surface area contributed by atoms with Crippen LogP contribution in [-0.2, 0) is 10.0 Å². The first-order chi connectivity index (χ1) is 11.8. The Morgan fingerprint density at radius 1 is 1.04 bits per heavy atom. The molecule has 0 heterocycles. The molecule has 25 heavy (non-hydrogen) atoms. The van der Waals surface area contributed by atoms with E-state index >= 15 is 0 Å². The van der Waals surface area contributed by atoms with Crippen molar-refractivity contribution in [2.45, 2.75) is 24.7 Å². The summed E-state index contributed by atoms with van der Waals surface area (Å²) in [5, 5.41) is 2.72. The lowest BCUT2D eigenvalue weighted by Gasteiger charge is -2.12. The van der Waals surface area contributed by atoms with Crippen LogP contribution < -0.4 is 10.0 Å². The number of amides is 1. The third-order valence-electron chi connectivity index (χ3n) is 3.40. The van der Waals surface area contributed by atoms with Crippen molar-refractivity contribution in [2.75, 3.05) is 11.9 Å². The molecule has 0 bridgehead atoms. The van der Waals surface area contributed by atoms with Gasteiger partial charge in [0, 0.05) is 21.2 Å². The van der Waals surface area contributed by atoms with Gasteiger partial charge >= 0.3 is 0 Å². The predicted octanol–water partition coefficient (Wildman–Crippen LogP) is 4.54. The second-order valence-corrected chi connectivity index (χ2v) is 8.92. The van der Waals surface area contributed by atoms with Crippen molar-refractivity contribution >= 4 is 53.5 Å². The number of benzene rings is 2. The molecule has 2 N–H and O–H groups in total. The van der Waals surface area contributed by atoms with E-state index in [4.69, 9.17) is 0 Å². The number of anilines is 1. The molecule has 134 valence electrons. The van der Waals surface area contributed by atoms with E-state index in [1.807, 2.05) is 6.92 Å². The van der Waals surface area contributed by atoms with Gasteiger partial charge in [0.05, 0.1) is 10.5 Å². The van der Waals surface area contributed by atoms with Crippen LogP contribution in [0.5, 0.6) is 0 Å². The summed E-state index contributed by atoms with van der Waals surface area (Å²) in [7, 11) is -3.76. The third-order valence-corrected chi connectivity index (χ3v) is 5.94. The van der Waals surface area contributed by atoms with Crippen LogP contribution in [0.1, 0.15) is 30.1 Å². The van der Waals surface area contributed by atoms with Gasteiger partial charge in [-0.2, -0.15) is 0 Å². The largest absolute Gasteiger partial charge is 0.322 e. The van der Waals surface area contributed by atoms with Crippen LogP contribution in [0.3, 0.4) is 0 Å². The van der Waals surface area contributed by atoms with Crippen LogP contribution in [0.4, 0.5) is 5.69 Å². The van der Waals surface area contributed by atoms with Crippen molar-refractivity contribution in [3.63, 3.8) is 0 Å². The van der Waals surface area contributed by atoms with Gasteiger partial charge in [0.1, 0.15) is 0 Å². The van der Waals surface area contributed by atoms with E-state index in [9.17, 15) is 13.2 Å². The average molecular weight is 490 g/mol. The fraction of sp³-hybridized carbons (Fsp3) is 0.235. The Kier molecular flexibility index (Phi) is 7.18. The number of carbonyl (C=O) groups is 1. The molecule has 0 aliphatic carbocycles. The van der Waals surface area contributed by atoms with Crippen molar-refractivity contribution in [3.05, 3.63) is 57.0 Å². The maximum atomic E-state index is 12.6. The highest BCUT2D eigenvalue weighted by Gasteiger charge is 2.22. The van der Waals surface area contributed by atoms with Crippen LogP contribution in [0.25, 0.3) is 0 Å². The molecule has 0 radical (unpaired) electrons. The highest BCUT2D eigenvalue weighted by Crippen LogP contribution is 2.23. The molecule has 0 spiro atoms. The molecule has 0 fully saturated rings. The standard InChI is InChI=1S/C17H18Br2N2O3S/c1-2-3-10-20-25(23,24)16-9-6-13(19)11-15(16)17(22)21-14-7-4-12(18)5-8-14/h4-9,11,20H,2-3,10H2,1H3,(H,21,22). The molecule has 2 aromatic carbocycles. The highest BCUT2D eigenvalue weighted by molar-refractivity contribution is 9.10. The fourth-order valence-corrected chi connectivity index (χ4v) is 3.99. The summed E-state index contributed by atoms with van der Waals surface area (Å²) in [4.78, 5) is 12.6. The molecule has 0 unspecified atom stereocenters. The number of halogens is 2. The van der Waals surface area contributed by atoms with Gasteiger partial charge in [-0.1, -0.05) is 45.2 Å². The van der Waals surface area contributed by atoms with Gasteiger partial charge in [-0.05, 0) is 48.9 Å². The van der Waals surface area contributed by atoms with E-state index in [1.165, 1.54) is 12.1 Å². The summed E-state index contributed by atoms with van der Waals surface area (Å²) < 4.78 is 29.1. The Labute approximate surface area is 164 Å². The van der Waals surface area contributed by atoms with E-state index in [1.54, 1.807) is 30.3 Å². The molecule has 0 atom stereocenters. The van der Waals surface area contributed by atoms with Crippen molar-refractivity contribution in [1.82, 2.24) is 4.72 Å². The van der Waals surface area contributed by atoms with Crippen molar-refractivity contribution in [3.8, 4) is 0 Å². The van der Waals surface area contributed by atoms with Crippen LogP contribution in [-0.4, -0.2) is 20.9 Å². The van der Waals surface area contributed by atoms with E-state index in [2.05, 4.69) is 41.9 Å². The van der Waals surface area contributed by atoms with Crippen LogP contribution in [0.2, 0.25) is 0 Å². The summed E-state index contributed by atoms with van der Waals surface area (Å²) in [5.41, 5.74) is 0.664. The number of nitrogens with one attached hydrogen (secondary N) is 2. The molecule has 2 rings (SSSR count).